The van der Waals surface area contributed by atoms with Gasteiger partial charge in [-0.3, -0.25) is 9.59 Å². The van der Waals surface area contributed by atoms with Crippen LogP contribution in [0, 0.1) is 0 Å². The normalized spacial score (nSPS) is 11.0. The van der Waals surface area contributed by atoms with Gasteiger partial charge in [0.15, 0.2) is 0 Å². The first-order valence-electron chi connectivity index (χ1n) is 7.57. The molecule has 0 saturated heterocycles. The third-order valence-corrected chi connectivity index (χ3v) is 3.45. The number of benzene rings is 2. The molecule has 3 rings (SSSR count). The van der Waals surface area contributed by atoms with Crippen molar-refractivity contribution in [1.82, 2.24) is 15.4 Å². The van der Waals surface area contributed by atoms with Crippen molar-refractivity contribution in [2.75, 3.05) is 0 Å². The first kappa shape index (κ1) is 15.6. The zero-order valence-corrected chi connectivity index (χ0v) is 12.9. The van der Waals surface area contributed by atoms with E-state index in [-0.39, 0.29) is 17.9 Å². The van der Waals surface area contributed by atoms with Crippen LogP contribution in [0.2, 0.25) is 0 Å². The third-order valence-electron chi connectivity index (χ3n) is 3.45. The number of hydrogen-bond donors (Lipinski definition) is 2. The number of aromatic amines is 1. The molecule has 0 fully saturated rings. The van der Waals surface area contributed by atoms with Crippen LogP contribution in [-0.4, -0.2) is 22.1 Å². The maximum Gasteiger partial charge on any atom is 0.258 e. The second-order valence-corrected chi connectivity index (χ2v) is 5.23. The van der Waals surface area contributed by atoms with Gasteiger partial charge in [-0.25, -0.2) is 10.4 Å². The van der Waals surface area contributed by atoms with Gasteiger partial charge in [0.25, 0.3) is 5.56 Å². The van der Waals surface area contributed by atoms with Crippen molar-refractivity contribution in [1.29, 1.82) is 0 Å². The zero-order valence-electron chi connectivity index (χ0n) is 12.9. The highest BCUT2D eigenvalue weighted by atomic mass is 16.2. The molecule has 120 valence electrons. The van der Waals surface area contributed by atoms with Gasteiger partial charge in [0.05, 0.1) is 17.1 Å². The zero-order chi connectivity index (χ0) is 16.8. The Balaban J connectivity index is 1.58. The number of nitrogens with one attached hydrogen (secondary N) is 2. The topological polar surface area (TPSA) is 87.2 Å². The van der Waals surface area contributed by atoms with Crippen LogP contribution in [0.1, 0.15) is 17.8 Å². The van der Waals surface area contributed by atoms with Gasteiger partial charge >= 0.3 is 0 Å². The van der Waals surface area contributed by atoms with Gasteiger partial charge in [-0.05, 0) is 17.7 Å². The van der Waals surface area contributed by atoms with E-state index < -0.39 is 0 Å². The minimum atomic E-state index is -0.238. The monoisotopic (exact) mass is 320 g/mol. The Morgan fingerprint density at radius 2 is 1.88 bits per heavy atom. The van der Waals surface area contributed by atoms with E-state index in [2.05, 4.69) is 20.5 Å². The predicted molar refractivity (Wildman–Crippen MR) is 92.9 cm³/mol. The Bertz CT molecular complexity index is 932. The predicted octanol–water partition coefficient (Wildman–Crippen LogP) is 2.01. The summed E-state index contributed by atoms with van der Waals surface area (Å²) < 4.78 is 0. The number of fused-ring (bicyclic) bond motifs is 1. The first-order valence-corrected chi connectivity index (χ1v) is 7.57. The summed E-state index contributed by atoms with van der Waals surface area (Å²) in [5.74, 6) is 0.249. The average molecular weight is 320 g/mol. The Labute approximate surface area is 138 Å². The number of aromatic nitrogens is 2. The van der Waals surface area contributed by atoms with Crippen LogP contribution < -0.4 is 11.0 Å². The average Bonchev–Trinajstić information content (AvgIpc) is 2.61. The van der Waals surface area contributed by atoms with E-state index in [0.717, 1.165) is 5.56 Å². The number of para-hydroxylation sites is 1. The quantitative estimate of drug-likeness (QED) is 0.557. The van der Waals surface area contributed by atoms with E-state index in [0.29, 0.717) is 23.1 Å². The Morgan fingerprint density at radius 3 is 2.71 bits per heavy atom. The van der Waals surface area contributed by atoms with Gasteiger partial charge in [-0.1, -0.05) is 42.5 Å². The summed E-state index contributed by atoms with van der Waals surface area (Å²) in [5.41, 5.74) is 3.79. The molecule has 1 amide bonds. The molecule has 0 radical (unpaired) electrons. The van der Waals surface area contributed by atoms with Crippen molar-refractivity contribution in [2.45, 2.75) is 12.8 Å². The van der Waals surface area contributed by atoms with Crippen LogP contribution in [0.25, 0.3) is 10.9 Å². The lowest BCUT2D eigenvalue weighted by Gasteiger charge is -2.02. The first-order chi connectivity index (χ1) is 11.7. The Morgan fingerprint density at radius 1 is 1.12 bits per heavy atom. The number of carbonyl (C=O) groups is 1. The fraction of sp³-hybridized carbons (Fsp3) is 0.111. The van der Waals surface area contributed by atoms with Crippen LogP contribution in [0.4, 0.5) is 0 Å². The lowest BCUT2D eigenvalue weighted by molar-refractivity contribution is -0.121. The van der Waals surface area contributed by atoms with Crippen molar-refractivity contribution in [3.8, 4) is 0 Å². The molecule has 0 aliphatic heterocycles. The van der Waals surface area contributed by atoms with E-state index in [1.54, 1.807) is 24.4 Å². The van der Waals surface area contributed by atoms with Crippen LogP contribution in [0.15, 0.2) is 64.5 Å². The van der Waals surface area contributed by atoms with Crippen molar-refractivity contribution >= 4 is 23.0 Å². The van der Waals surface area contributed by atoms with Crippen LogP contribution in [-0.2, 0) is 11.2 Å². The van der Waals surface area contributed by atoms with Gasteiger partial charge in [-0.15, -0.1) is 0 Å². The van der Waals surface area contributed by atoms with E-state index in [4.69, 9.17) is 0 Å². The molecule has 0 saturated carbocycles. The number of nitrogens with zero attached hydrogens (tertiary/aromatic N) is 2. The second-order valence-electron chi connectivity index (χ2n) is 5.23. The van der Waals surface area contributed by atoms with Gasteiger partial charge < -0.3 is 4.98 Å². The smallest absolute Gasteiger partial charge is 0.258 e. The summed E-state index contributed by atoms with van der Waals surface area (Å²) in [4.78, 5) is 30.8. The fourth-order valence-corrected chi connectivity index (χ4v) is 2.26. The van der Waals surface area contributed by atoms with Gasteiger partial charge in [0.1, 0.15) is 5.82 Å². The molecule has 6 heteroatoms. The molecule has 0 bridgehead atoms. The standard InChI is InChI=1S/C18H16N4O2/c23-17(22-19-12-13-6-2-1-3-7-13)11-10-16-20-15-9-5-4-8-14(15)18(24)21-16/h1-9,12H,10-11H2,(H,22,23)(H,20,21,24)/b19-12+. The van der Waals surface area contributed by atoms with Gasteiger partial charge in [0.2, 0.25) is 5.91 Å². The fourth-order valence-electron chi connectivity index (χ4n) is 2.26. The summed E-state index contributed by atoms with van der Waals surface area (Å²) in [7, 11) is 0. The minimum absolute atomic E-state index is 0.188. The SMILES string of the molecule is O=C(CCc1nc2ccccc2c(=O)[nH]1)N/N=C/c1ccccc1. The number of rotatable bonds is 5. The van der Waals surface area contributed by atoms with Crippen molar-refractivity contribution in [3.05, 3.63) is 76.3 Å². The molecular weight excluding hydrogens is 304 g/mol. The number of hydrogen-bond acceptors (Lipinski definition) is 4. The molecule has 24 heavy (non-hydrogen) atoms. The summed E-state index contributed by atoms with van der Waals surface area (Å²) in [6, 6.07) is 16.6. The van der Waals surface area contributed by atoms with Crippen molar-refractivity contribution < 1.29 is 4.79 Å². The third kappa shape index (κ3) is 3.92. The number of H-pyrrole nitrogens is 1. The summed E-state index contributed by atoms with van der Waals surface area (Å²) in [6.07, 6.45) is 2.11. The summed E-state index contributed by atoms with van der Waals surface area (Å²) >= 11 is 0. The number of aryl methyl sites for hydroxylation is 1. The van der Waals surface area contributed by atoms with E-state index in [9.17, 15) is 9.59 Å². The van der Waals surface area contributed by atoms with Crippen LogP contribution >= 0.6 is 0 Å². The molecule has 0 atom stereocenters. The molecule has 0 aliphatic rings. The second kappa shape index (κ2) is 7.32. The van der Waals surface area contributed by atoms with Gasteiger partial charge in [-0.2, -0.15) is 5.10 Å². The lowest BCUT2D eigenvalue weighted by Crippen LogP contribution is -2.19. The maximum absolute atomic E-state index is 12.0. The number of amides is 1. The largest absolute Gasteiger partial charge is 0.310 e. The molecule has 1 aromatic heterocycles. The molecule has 0 spiro atoms. The number of hydrazone groups is 1. The number of carbonyl (C=O) groups excluding carboxylic acids is 1. The molecule has 3 aromatic rings. The van der Waals surface area contributed by atoms with E-state index >= 15 is 0 Å². The Kier molecular flexibility index (Phi) is 4.76. The highest BCUT2D eigenvalue weighted by Crippen LogP contribution is 2.06. The van der Waals surface area contributed by atoms with Crippen LogP contribution in [0.3, 0.4) is 0 Å². The summed E-state index contributed by atoms with van der Waals surface area (Å²) in [5, 5.41) is 4.44. The minimum Gasteiger partial charge on any atom is -0.310 e. The molecule has 2 aromatic carbocycles. The molecule has 0 aliphatic carbocycles. The highest BCUT2D eigenvalue weighted by Gasteiger charge is 2.06. The molecule has 6 nitrogen and oxygen atoms in total. The van der Waals surface area contributed by atoms with Crippen molar-refractivity contribution in [2.24, 2.45) is 5.10 Å². The van der Waals surface area contributed by atoms with Gasteiger partial charge in [0, 0.05) is 12.8 Å². The molecule has 2 N–H and O–H groups in total. The lowest BCUT2D eigenvalue weighted by atomic mass is 10.2. The molecular formula is C18H16N4O2. The van der Waals surface area contributed by atoms with Crippen LogP contribution in [0.5, 0.6) is 0 Å². The highest BCUT2D eigenvalue weighted by molar-refractivity contribution is 5.82. The van der Waals surface area contributed by atoms with E-state index in [1.807, 2.05) is 36.4 Å². The van der Waals surface area contributed by atoms with Crippen molar-refractivity contribution in [3.63, 3.8) is 0 Å². The Hall–Kier alpha value is -3.28. The maximum atomic E-state index is 12.0. The molecule has 1 heterocycles. The van der Waals surface area contributed by atoms with E-state index in [1.165, 1.54) is 0 Å². The summed E-state index contributed by atoms with van der Waals surface area (Å²) in [6.45, 7) is 0. The molecule has 0 unspecified atom stereocenters.